The number of carbonyl (C=O) groups is 1. The normalized spacial score (nSPS) is 17.8. The van der Waals surface area contributed by atoms with Crippen molar-refractivity contribution >= 4 is 17.2 Å². The summed E-state index contributed by atoms with van der Waals surface area (Å²) in [5, 5.41) is 5.01. The molecule has 2 heterocycles. The first-order valence-corrected chi connectivity index (χ1v) is 8.31. The maximum absolute atomic E-state index is 12.1. The van der Waals surface area contributed by atoms with Gasteiger partial charge in [0.15, 0.2) is 0 Å². The van der Waals surface area contributed by atoms with E-state index in [9.17, 15) is 4.79 Å². The van der Waals surface area contributed by atoms with Crippen LogP contribution in [-0.2, 0) is 11.3 Å². The van der Waals surface area contributed by atoms with Crippen molar-refractivity contribution < 1.29 is 9.53 Å². The van der Waals surface area contributed by atoms with E-state index in [1.165, 1.54) is 10.4 Å². The van der Waals surface area contributed by atoms with Crippen molar-refractivity contribution in [1.82, 2.24) is 10.2 Å². The predicted octanol–water partition coefficient (Wildman–Crippen LogP) is 2.82. The molecule has 22 heavy (non-hydrogen) atoms. The molecule has 0 bridgehead atoms. The summed E-state index contributed by atoms with van der Waals surface area (Å²) in [4.78, 5) is 15.5. The van der Waals surface area contributed by atoms with E-state index in [1.807, 2.05) is 29.6 Å². The Morgan fingerprint density at radius 2 is 2.32 bits per heavy atom. The SMILES string of the molecule is COc1cccc(C2CCN2CC(=O)NCc2cccs2)c1. The number of nitrogens with one attached hydrogen (secondary N) is 1. The average molecular weight is 316 g/mol. The maximum atomic E-state index is 12.1. The molecule has 0 saturated carbocycles. The zero-order valence-corrected chi connectivity index (χ0v) is 13.4. The van der Waals surface area contributed by atoms with Crippen molar-refractivity contribution in [3.63, 3.8) is 0 Å². The van der Waals surface area contributed by atoms with Gasteiger partial charge in [0.2, 0.25) is 5.91 Å². The van der Waals surface area contributed by atoms with Gasteiger partial charge in [0.1, 0.15) is 5.75 Å². The zero-order valence-electron chi connectivity index (χ0n) is 12.6. The molecule has 1 unspecified atom stereocenters. The van der Waals surface area contributed by atoms with Gasteiger partial charge in [0.25, 0.3) is 0 Å². The molecule has 0 aliphatic carbocycles. The molecule has 5 heteroatoms. The lowest BCUT2D eigenvalue weighted by atomic mass is 9.94. The Kier molecular flexibility index (Phi) is 4.75. The average Bonchev–Trinajstić information content (AvgIpc) is 3.03. The molecule has 1 aromatic heterocycles. The van der Waals surface area contributed by atoms with Gasteiger partial charge < -0.3 is 10.1 Å². The van der Waals surface area contributed by atoms with E-state index in [4.69, 9.17) is 4.74 Å². The molecule has 2 aromatic rings. The number of hydrogen-bond acceptors (Lipinski definition) is 4. The van der Waals surface area contributed by atoms with E-state index >= 15 is 0 Å². The molecule has 1 aliphatic heterocycles. The highest BCUT2D eigenvalue weighted by Crippen LogP contribution is 2.34. The third kappa shape index (κ3) is 3.48. The second-order valence-electron chi connectivity index (χ2n) is 5.41. The smallest absolute Gasteiger partial charge is 0.234 e. The molecule has 1 aromatic carbocycles. The molecule has 1 aliphatic rings. The van der Waals surface area contributed by atoms with Crippen LogP contribution in [-0.4, -0.2) is 31.0 Å². The lowest BCUT2D eigenvalue weighted by Gasteiger charge is -2.40. The Morgan fingerprint density at radius 3 is 3.00 bits per heavy atom. The van der Waals surface area contributed by atoms with Gasteiger partial charge in [-0.2, -0.15) is 0 Å². The number of nitrogens with zero attached hydrogens (tertiary/aromatic N) is 1. The third-order valence-corrected chi connectivity index (χ3v) is 4.87. The lowest BCUT2D eigenvalue weighted by molar-refractivity contribution is -0.124. The van der Waals surface area contributed by atoms with Crippen LogP contribution in [0, 0.1) is 0 Å². The summed E-state index contributed by atoms with van der Waals surface area (Å²) in [6, 6.07) is 12.5. The number of likely N-dealkylation sites (tertiary alicyclic amines) is 1. The summed E-state index contributed by atoms with van der Waals surface area (Å²) < 4.78 is 5.27. The quantitative estimate of drug-likeness (QED) is 0.891. The third-order valence-electron chi connectivity index (χ3n) is 4.00. The molecular formula is C17H20N2O2S. The van der Waals surface area contributed by atoms with Gasteiger partial charge in [-0.15, -0.1) is 11.3 Å². The van der Waals surface area contributed by atoms with Crippen molar-refractivity contribution in [2.24, 2.45) is 0 Å². The molecule has 4 nitrogen and oxygen atoms in total. The molecular weight excluding hydrogens is 296 g/mol. The molecule has 116 valence electrons. The summed E-state index contributed by atoms with van der Waals surface area (Å²) in [5.41, 5.74) is 1.22. The van der Waals surface area contributed by atoms with Crippen LogP contribution in [0.2, 0.25) is 0 Å². The minimum Gasteiger partial charge on any atom is -0.497 e. The highest BCUT2D eigenvalue weighted by Gasteiger charge is 2.30. The van der Waals surface area contributed by atoms with Crippen LogP contribution in [0.5, 0.6) is 5.75 Å². The molecule has 3 rings (SSSR count). The van der Waals surface area contributed by atoms with E-state index in [1.54, 1.807) is 18.4 Å². The highest BCUT2D eigenvalue weighted by molar-refractivity contribution is 7.09. The number of methoxy groups -OCH3 is 1. The zero-order chi connectivity index (χ0) is 15.4. The van der Waals surface area contributed by atoms with Crippen LogP contribution in [0.4, 0.5) is 0 Å². The Balaban J connectivity index is 1.53. The van der Waals surface area contributed by atoms with Crippen LogP contribution in [0.25, 0.3) is 0 Å². The number of ether oxygens (including phenoxy) is 1. The highest BCUT2D eigenvalue weighted by atomic mass is 32.1. The summed E-state index contributed by atoms with van der Waals surface area (Å²) in [7, 11) is 1.68. The minimum atomic E-state index is 0.0843. The molecule has 0 spiro atoms. The largest absolute Gasteiger partial charge is 0.497 e. The van der Waals surface area contributed by atoms with Crippen molar-refractivity contribution in [3.8, 4) is 5.75 Å². The monoisotopic (exact) mass is 316 g/mol. The van der Waals surface area contributed by atoms with E-state index in [0.29, 0.717) is 19.1 Å². The predicted molar refractivity (Wildman–Crippen MR) is 88.1 cm³/mol. The van der Waals surface area contributed by atoms with Crippen molar-refractivity contribution in [2.75, 3.05) is 20.2 Å². The van der Waals surface area contributed by atoms with Gasteiger partial charge in [0, 0.05) is 17.5 Å². The summed E-state index contributed by atoms with van der Waals surface area (Å²) in [6.07, 6.45) is 1.09. The number of carbonyl (C=O) groups excluding carboxylic acids is 1. The second-order valence-corrected chi connectivity index (χ2v) is 6.44. The van der Waals surface area contributed by atoms with E-state index < -0.39 is 0 Å². The summed E-state index contributed by atoms with van der Waals surface area (Å²) >= 11 is 1.66. The molecule has 1 saturated heterocycles. The van der Waals surface area contributed by atoms with Gasteiger partial charge in [-0.3, -0.25) is 9.69 Å². The van der Waals surface area contributed by atoms with E-state index in [2.05, 4.69) is 22.3 Å². The van der Waals surface area contributed by atoms with Crippen LogP contribution < -0.4 is 10.1 Å². The minimum absolute atomic E-state index is 0.0843. The number of amides is 1. The van der Waals surface area contributed by atoms with E-state index in [-0.39, 0.29) is 5.91 Å². The number of rotatable bonds is 6. The first-order valence-electron chi connectivity index (χ1n) is 7.43. The number of thiophene rings is 1. The first-order chi connectivity index (χ1) is 10.8. The Labute approximate surface area is 134 Å². The fourth-order valence-electron chi connectivity index (χ4n) is 2.70. The maximum Gasteiger partial charge on any atom is 0.234 e. The van der Waals surface area contributed by atoms with Gasteiger partial charge in [-0.05, 0) is 35.6 Å². The van der Waals surface area contributed by atoms with Gasteiger partial charge in [-0.25, -0.2) is 0 Å². The van der Waals surface area contributed by atoms with Gasteiger partial charge in [-0.1, -0.05) is 18.2 Å². The first kappa shape index (κ1) is 15.1. The Bertz CT molecular complexity index is 627. The number of hydrogen-bond donors (Lipinski definition) is 1. The summed E-state index contributed by atoms with van der Waals surface area (Å²) in [5.74, 6) is 0.951. The number of benzene rings is 1. The van der Waals surface area contributed by atoms with Crippen molar-refractivity contribution in [3.05, 3.63) is 52.2 Å². The topological polar surface area (TPSA) is 41.6 Å². The van der Waals surface area contributed by atoms with E-state index in [0.717, 1.165) is 18.7 Å². The van der Waals surface area contributed by atoms with Crippen molar-refractivity contribution in [2.45, 2.75) is 19.0 Å². The second kappa shape index (κ2) is 6.94. The lowest BCUT2D eigenvalue weighted by Crippen LogP contribution is -2.46. The molecule has 1 N–H and O–H groups in total. The van der Waals surface area contributed by atoms with Gasteiger partial charge in [0.05, 0.1) is 20.2 Å². The molecule has 1 fully saturated rings. The van der Waals surface area contributed by atoms with Gasteiger partial charge >= 0.3 is 0 Å². The van der Waals surface area contributed by atoms with Crippen molar-refractivity contribution in [1.29, 1.82) is 0 Å². The van der Waals surface area contributed by atoms with Crippen LogP contribution >= 0.6 is 11.3 Å². The van der Waals surface area contributed by atoms with Crippen LogP contribution in [0.3, 0.4) is 0 Å². The van der Waals surface area contributed by atoms with Crippen LogP contribution in [0.15, 0.2) is 41.8 Å². The fourth-order valence-corrected chi connectivity index (χ4v) is 3.34. The fraction of sp³-hybridized carbons (Fsp3) is 0.353. The Hall–Kier alpha value is -1.85. The molecule has 1 atom stereocenters. The Morgan fingerprint density at radius 1 is 1.41 bits per heavy atom. The van der Waals surface area contributed by atoms with Crippen LogP contribution in [0.1, 0.15) is 22.9 Å². The molecule has 0 radical (unpaired) electrons. The molecule has 1 amide bonds. The summed E-state index contributed by atoms with van der Waals surface area (Å²) in [6.45, 7) is 2.04. The standard InChI is InChI=1S/C17H20N2O2S/c1-21-14-5-2-4-13(10-14)16-7-8-19(16)12-17(20)18-11-15-6-3-9-22-15/h2-6,9-10,16H,7-8,11-12H2,1H3,(H,18,20).